The quantitative estimate of drug-likeness (QED) is 0.769. The first-order chi connectivity index (χ1) is 12.2. The molecule has 0 saturated heterocycles. The molecule has 1 atom stereocenters. The van der Waals surface area contributed by atoms with Gasteiger partial charge in [-0.15, -0.1) is 10.2 Å². The summed E-state index contributed by atoms with van der Waals surface area (Å²) in [6.07, 6.45) is 1.16. The second kappa shape index (κ2) is 6.84. The van der Waals surface area contributed by atoms with Crippen LogP contribution in [0.25, 0.3) is 0 Å². The number of methoxy groups -OCH3 is 1. The molecule has 1 aliphatic rings. The molecule has 8 nitrogen and oxygen atoms in total. The Bertz CT molecular complexity index is 953. The molecule has 26 heavy (non-hydrogen) atoms. The summed E-state index contributed by atoms with van der Waals surface area (Å²) >= 11 is 1.19. The van der Waals surface area contributed by atoms with E-state index in [2.05, 4.69) is 14.9 Å². The molecule has 1 aromatic carbocycles. The molecule has 1 aliphatic carbocycles. The molecule has 2 aromatic rings. The van der Waals surface area contributed by atoms with Crippen molar-refractivity contribution in [2.24, 2.45) is 5.73 Å². The Morgan fingerprint density at radius 1 is 1.38 bits per heavy atom. The minimum absolute atomic E-state index is 0.00478. The van der Waals surface area contributed by atoms with E-state index in [1.165, 1.54) is 18.4 Å². The predicted octanol–water partition coefficient (Wildman–Crippen LogP) is 1.99. The first-order valence-corrected chi connectivity index (χ1v) is 10.4. The fourth-order valence-electron chi connectivity index (χ4n) is 2.96. The molecule has 10 heteroatoms. The monoisotopic (exact) mass is 396 g/mol. The van der Waals surface area contributed by atoms with E-state index >= 15 is 0 Å². The zero-order valence-corrected chi connectivity index (χ0v) is 16.3. The van der Waals surface area contributed by atoms with Crippen LogP contribution in [-0.2, 0) is 21.2 Å². The minimum atomic E-state index is -3.91. The van der Waals surface area contributed by atoms with Crippen LogP contribution in [-0.4, -0.2) is 31.6 Å². The predicted molar refractivity (Wildman–Crippen MR) is 98.1 cm³/mol. The number of fused-ring (bicyclic) bond motifs is 1. The highest BCUT2D eigenvalue weighted by molar-refractivity contribution is 7.93. The summed E-state index contributed by atoms with van der Waals surface area (Å²) in [7, 11) is -2.53. The fourth-order valence-corrected chi connectivity index (χ4v) is 5.14. The number of ether oxygens (including phenoxy) is 1. The van der Waals surface area contributed by atoms with Gasteiger partial charge in [-0.2, -0.15) is 0 Å². The Labute approximate surface area is 155 Å². The molecule has 1 heterocycles. The lowest BCUT2D eigenvalue weighted by Crippen LogP contribution is -2.19. The number of primary amides is 1. The van der Waals surface area contributed by atoms with E-state index in [0.717, 1.165) is 16.1 Å². The number of aryl methyl sites for hydroxylation is 1. The van der Waals surface area contributed by atoms with E-state index in [-0.39, 0.29) is 21.7 Å². The van der Waals surface area contributed by atoms with Crippen LogP contribution in [0.1, 0.15) is 48.2 Å². The Kier molecular flexibility index (Phi) is 4.89. The molecular weight excluding hydrogens is 376 g/mol. The number of rotatable bonds is 6. The summed E-state index contributed by atoms with van der Waals surface area (Å²) < 4.78 is 33.4. The third kappa shape index (κ3) is 3.38. The van der Waals surface area contributed by atoms with Crippen molar-refractivity contribution in [2.45, 2.75) is 43.4 Å². The first kappa shape index (κ1) is 18.6. The molecule has 1 amide bonds. The maximum absolute atomic E-state index is 12.8. The summed E-state index contributed by atoms with van der Waals surface area (Å²) in [6, 6.07) is 3.13. The van der Waals surface area contributed by atoms with Gasteiger partial charge in [-0.05, 0) is 36.1 Å². The number of nitrogens with one attached hydrogen (secondary N) is 1. The molecule has 3 rings (SSSR count). The fraction of sp³-hybridized carbons (Fsp3) is 0.438. The van der Waals surface area contributed by atoms with Crippen molar-refractivity contribution in [1.82, 2.24) is 10.2 Å². The molecule has 0 fully saturated rings. The Morgan fingerprint density at radius 2 is 2.12 bits per heavy atom. The van der Waals surface area contributed by atoms with Gasteiger partial charge in [0.15, 0.2) is 0 Å². The van der Waals surface area contributed by atoms with Gasteiger partial charge < -0.3 is 10.5 Å². The lowest BCUT2D eigenvalue weighted by molar-refractivity contribution is -0.119. The maximum Gasteiger partial charge on any atom is 0.267 e. The Hall–Kier alpha value is -2.20. The van der Waals surface area contributed by atoms with E-state index in [9.17, 15) is 13.2 Å². The summed E-state index contributed by atoms with van der Waals surface area (Å²) in [5.41, 5.74) is 6.95. The SMILES string of the molecule is COc1cc2c(cc1S(=O)(=O)Nc1nnc(C(C)C)s1)CCC2C(N)=O. The molecule has 140 valence electrons. The first-order valence-electron chi connectivity index (χ1n) is 8.09. The molecule has 0 spiro atoms. The smallest absolute Gasteiger partial charge is 0.267 e. The van der Waals surface area contributed by atoms with E-state index in [0.29, 0.717) is 12.8 Å². The van der Waals surface area contributed by atoms with Gasteiger partial charge >= 0.3 is 0 Å². The van der Waals surface area contributed by atoms with Crippen molar-refractivity contribution in [2.75, 3.05) is 11.8 Å². The van der Waals surface area contributed by atoms with Gasteiger partial charge in [0.1, 0.15) is 15.7 Å². The molecule has 3 N–H and O–H groups in total. The van der Waals surface area contributed by atoms with Crippen LogP contribution in [0.3, 0.4) is 0 Å². The van der Waals surface area contributed by atoms with E-state index in [1.807, 2.05) is 13.8 Å². The third-order valence-electron chi connectivity index (χ3n) is 4.29. The zero-order chi connectivity index (χ0) is 19.1. The van der Waals surface area contributed by atoms with Crippen molar-refractivity contribution >= 4 is 32.4 Å². The molecule has 0 bridgehead atoms. The van der Waals surface area contributed by atoms with E-state index in [1.54, 1.807) is 12.1 Å². The highest BCUT2D eigenvalue weighted by Gasteiger charge is 2.31. The molecular formula is C16H20N4O4S2. The maximum atomic E-state index is 12.8. The number of carbonyl (C=O) groups excluding carboxylic acids is 1. The van der Waals surface area contributed by atoms with Gasteiger partial charge in [-0.1, -0.05) is 25.2 Å². The van der Waals surface area contributed by atoms with Gasteiger partial charge in [-0.25, -0.2) is 8.42 Å². The number of carbonyl (C=O) groups is 1. The number of aromatic nitrogens is 2. The van der Waals surface area contributed by atoms with Crippen molar-refractivity contribution < 1.29 is 17.9 Å². The highest BCUT2D eigenvalue weighted by Crippen LogP contribution is 2.39. The molecule has 1 aromatic heterocycles. The standard InChI is InChI=1S/C16H20N4O4S2/c1-8(2)15-18-19-16(25-15)20-26(22,23)13-6-9-4-5-10(14(17)21)11(9)7-12(13)24-3/h6-8,10H,4-5H2,1-3H3,(H2,17,21)(H,19,20). The van der Waals surface area contributed by atoms with E-state index < -0.39 is 21.8 Å². The molecule has 0 aliphatic heterocycles. The third-order valence-corrected chi connectivity index (χ3v) is 6.92. The number of benzene rings is 1. The van der Waals surface area contributed by atoms with Crippen molar-refractivity contribution in [3.05, 3.63) is 28.3 Å². The van der Waals surface area contributed by atoms with Crippen LogP contribution in [0.2, 0.25) is 0 Å². The minimum Gasteiger partial charge on any atom is -0.495 e. The van der Waals surface area contributed by atoms with Crippen LogP contribution in [0.5, 0.6) is 5.75 Å². The second-order valence-electron chi connectivity index (χ2n) is 6.40. The highest BCUT2D eigenvalue weighted by atomic mass is 32.2. The van der Waals surface area contributed by atoms with Crippen LogP contribution in [0.4, 0.5) is 5.13 Å². The summed E-state index contributed by atoms with van der Waals surface area (Å²) in [4.78, 5) is 11.6. The number of hydrogen-bond donors (Lipinski definition) is 2. The summed E-state index contributed by atoms with van der Waals surface area (Å²) in [5.74, 6) is -0.515. The Morgan fingerprint density at radius 3 is 2.69 bits per heavy atom. The van der Waals surface area contributed by atoms with Crippen LogP contribution < -0.4 is 15.2 Å². The van der Waals surface area contributed by atoms with Crippen LogP contribution in [0, 0.1) is 0 Å². The van der Waals surface area contributed by atoms with Crippen molar-refractivity contribution in [1.29, 1.82) is 0 Å². The topological polar surface area (TPSA) is 124 Å². The Balaban J connectivity index is 1.98. The normalized spacial score (nSPS) is 16.5. The lowest BCUT2D eigenvalue weighted by atomic mass is 10.0. The number of anilines is 1. The molecule has 0 radical (unpaired) electrons. The summed E-state index contributed by atoms with van der Waals surface area (Å²) in [6.45, 7) is 3.91. The molecule has 1 unspecified atom stereocenters. The largest absolute Gasteiger partial charge is 0.495 e. The number of sulfonamides is 1. The van der Waals surface area contributed by atoms with Gasteiger partial charge in [0.05, 0.1) is 13.0 Å². The van der Waals surface area contributed by atoms with E-state index in [4.69, 9.17) is 10.5 Å². The number of hydrogen-bond acceptors (Lipinski definition) is 7. The van der Waals surface area contributed by atoms with Gasteiger partial charge in [0.25, 0.3) is 10.0 Å². The average molecular weight is 396 g/mol. The summed E-state index contributed by atoms with van der Waals surface area (Å²) in [5, 5.41) is 8.81. The zero-order valence-electron chi connectivity index (χ0n) is 14.6. The van der Waals surface area contributed by atoms with Gasteiger partial charge in [0, 0.05) is 5.92 Å². The number of amides is 1. The molecule has 0 saturated carbocycles. The van der Waals surface area contributed by atoms with Gasteiger partial charge in [-0.3, -0.25) is 9.52 Å². The number of nitrogens with zero attached hydrogens (tertiary/aromatic N) is 2. The average Bonchev–Trinajstić information content (AvgIpc) is 3.19. The number of nitrogens with two attached hydrogens (primary N) is 1. The second-order valence-corrected chi connectivity index (χ2v) is 9.06. The van der Waals surface area contributed by atoms with Crippen molar-refractivity contribution in [3.8, 4) is 5.75 Å². The van der Waals surface area contributed by atoms with Crippen LogP contribution in [0.15, 0.2) is 17.0 Å². The van der Waals surface area contributed by atoms with Gasteiger partial charge in [0.2, 0.25) is 11.0 Å². The van der Waals surface area contributed by atoms with Crippen LogP contribution >= 0.6 is 11.3 Å². The lowest BCUT2D eigenvalue weighted by Gasteiger charge is -2.14. The van der Waals surface area contributed by atoms with Crippen molar-refractivity contribution in [3.63, 3.8) is 0 Å².